The summed E-state index contributed by atoms with van der Waals surface area (Å²) in [4.78, 5) is 23.3. The number of rotatable bonds is 8. The molecule has 1 aromatic heterocycles. The van der Waals surface area contributed by atoms with Gasteiger partial charge in [0.1, 0.15) is 6.54 Å². The van der Waals surface area contributed by atoms with Gasteiger partial charge in [0.2, 0.25) is 11.1 Å². The Kier molecular flexibility index (Phi) is 6.16. The van der Waals surface area contributed by atoms with Gasteiger partial charge >= 0.3 is 5.97 Å². The molecule has 0 saturated carbocycles. The van der Waals surface area contributed by atoms with Gasteiger partial charge in [0.05, 0.1) is 11.8 Å². The minimum absolute atomic E-state index is 0.0656. The van der Waals surface area contributed by atoms with E-state index in [1.54, 1.807) is 0 Å². The fourth-order valence-electron chi connectivity index (χ4n) is 2.51. The molecule has 9 heteroatoms. The topological polar surface area (TPSA) is 110 Å². The summed E-state index contributed by atoms with van der Waals surface area (Å²) in [6.45, 7) is -0.354. The lowest BCUT2D eigenvalue weighted by Gasteiger charge is -2.19. The van der Waals surface area contributed by atoms with Crippen molar-refractivity contribution >= 4 is 23.6 Å². The molecule has 1 amide bonds. The summed E-state index contributed by atoms with van der Waals surface area (Å²) in [7, 11) is 0. The van der Waals surface area contributed by atoms with Crippen molar-refractivity contribution in [2.45, 2.75) is 17.7 Å². The Hall–Kier alpha value is -3.20. The van der Waals surface area contributed by atoms with Crippen LogP contribution in [0.2, 0.25) is 0 Å². The number of aromatic nitrogens is 4. The van der Waals surface area contributed by atoms with Crippen molar-refractivity contribution in [3.8, 4) is 0 Å². The number of tetrazole rings is 1. The van der Waals surface area contributed by atoms with E-state index >= 15 is 0 Å². The van der Waals surface area contributed by atoms with E-state index in [-0.39, 0.29) is 29.4 Å². The molecule has 0 bridgehead atoms. The van der Waals surface area contributed by atoms with Gasteiger partial charge in [-0.05, 0) is 21.6 Å². The second-order valence-corrected chi connectivity index (χ2v) is 6.57. The number of carboxylic acid groups (broad SMARTS) is 1. The summed E-state index contributed by atoms with van der Waals surface area (Å²) in [5.41, 5.74) is 1.94. The molecule has 3 rings (SSSR count). The van der Waals surface area contributed by atoms with Crippen molar-refractivity contribution < 1.29 is 14.7 Å². The Bertz CT molecular complexity index is 862. The SMILES string of the molecule is O=C(O)Cn1nnnc1SCC(=O)NC(c1ccccc1)c1ccccc1. The maximum Gasteiger partial charge on any atom is 0.325 e. The largest absolute Gasteiger partial charge is 0.480 e. The van der Waals surface area contributed by atoms with Crippen molar-refractivity contribution in [1.82, 2.24) is 25.5 Å². The standard InChI is InChI=1S/C18H17N5O3S/c24-15(12-27-18-20-21-22-23(18)11-16(25)26)19-17(13-7-3-1-4-8-13)14-9-5-2-6-10-14/h1-10,17H,11-12H2,(H,19,24)(H,25,26). The molecular formula is C18H17N5O3S. The number of hydrogen-bond donors (Lipinski definition) is 2. The number of thioether (sulfide) groups is 1. The number of carbonyl (C=O) groups excluding carboxylic acids is 1. The lowest BCUT2D eigenvalue weighted by molar-refractivity contribution is -0.138. The first kappa shape index (κ1) is 18.6. The summed E-state index contributed by atoms with van der Waals surface area (Å²) < 4.78 is 1.14. The van der Waals surface area contributed by atoms with Gasteiger partial charge in [-0.15, -0.1) is 5.10 Å². The molecule has 2 aromatic carbocycles. The monoisotopic (exact) mass is 383 g/mol. The molecule has 0 saturated heterocycles. The van der Waals surface area contributed by atoms with Crippen LogP contribution in [0.1, 0.15) is 17.2 Å². The number of amides is 1. The molecule has 1 heterocycles. The molecule has 0 aliphatic heterocycles. The third kappa shape index (κ3) is 5.14. The highest BCUT2D eigenvalue weighted by atomic mass is 32.2. The number of aliphatic carboxylic acids is 1. The second-order valence-electron chi connectivity index (χ2n) is 5.62. The summed E-state index contributed by atoms with van der Waals surface area (Å²) in [5, 5.41) is 23.0. The van der Waals surface area contributed by atoms with E-state index in [1.165, 1.54) is 0 Å². The van der Waals surface area contributed by atoms with Crippen molar-refractivity contribution in [3.05, 3.63) is 71.8 Å². The first-order valence-electron chi connectivity index (χ1n) is 8.13. The van der Waals surface area contributed by atoms with E-state index in [9.17, 15) is 9.59 Å². The van der Waals surface area contributed by atoms with Crippen molar-refractivity contribution in [1.29, 1.82) is 0 Å². The molecule has 0 spiro atoms. The molecule has 0 aliphatic carbocycles. The van der Waals surface area contributed by atoms with E-state index in [0.717, 1.165) is 27.6 Å². The van der Waals surface area contributed by atoms with Crippen LogP contribution >= 0.6 is 11.8 Å². The van der Waals surface area contributed by atoms with Crippen LogP contribution in [0.5, 0.6) is 0 Å². The Labute approximate surface area is 159 Å². The zero-order chi connectivity index (χ0) is 19.1. The molecule has 0 radical (unpaired) electrons. The van der Waals surface area contributed by atoms with E-state index in [4.69, 9.17) is 5.11 Å². The van der Waals surface area contributed by atoms with Crippen LogP contribution in [-0.2, 0) is 16.1 Å². The summed E-state index contributed by atoms with van der Waals surface area (Å²) in [6, 6.07) is 19.1. The lowest BCUT2D eigenvalue weighted by atomic mass is 9.99. The van der Waals surface area contributed by atoms with Gasteiger partial charge < -0.3 is 10.4 Å². The molecular weight excluding hydrogens is 366 g/mol. The first-order valence-corrected chi connectivity index (χ1v) is 9.12. The van der Waals surface area contributed by atoms with Gasteiger partial charge in [-0.3, -0.25) is 9.59 Å². The number of carboxylic acids is 1. The third-order valence-corrected chi connectivity index (χ3v) is 4.64. The Morgan fingerprint density at radius 1 is 1.04 bits per heavy atom. The van der Waals surface area contributed by atoms with Gasteiger partial charge in [-0.1, -0.05) is 72.4 Å². The highest BCUT2D eigenvalue weighted by Gasteiger charge is 2.18. The van der Waals surface area contributed by atoms with Crippen LogP contribution in [0.3, 0.4) is 0 Å². The van der Waals surface area contributed by atoms with Crippen molar-refractivity contribution in [2.24, 2.45) is 0 Å². The first-order chi connectivity index (χ1) is 13.1. The van der Waals surface area contributed by atoms with E-state index < -0.39 is 5.97 Å². The Morgan fingerprint density at radius 3 is 2.19 bits per heavy atom. The fraction of sp³-hybridized carbons (Fsp3) is 0.167. The lowest BCUT2D eigenvalue weighted by Crippen LogP contribution is -2.30. The highest BCUT2D eigenvalue weighted by Crippen LogP contribution is 2.22. The van der Waals surface area contributed by atoms with Gasteiger partial charge in [0.25, 0.3) is 0 Å². The minimum atomic E-state index is -1.05. The van der Waals surface area contributed by atoms with Crippen molar-refractivity contribution in [2.75, 3.05) is 5.75 Å². The quantitative estimate of drug-likeness (QED) is 0.570. The number of benzene rings is 2. The van der Waals surface area contributed by atoms with Crippen LogP contribution < -0.4 is 5.32 Å². The fourth-order valence-corrected chi connectivity index (χ4v) is 3.20. The zero-order valence-electron chi connectivity index (χ0n) is 14.2. The average molecular weight is 383 g/mol. The summed E-state index contributed by atoms with van der Waals surface area (Å²) in [5.74, 6) is -1.19. The normalized spacial score (nSPS) is 10.7. The van der Waals surface area contributed by atoms with Crippen LogP contribution in [0, 0.1) is 0 Å². The average Bonchev–Trinajstić information content (AvgIpc) is 3.12. The molecule has 3 aromatic rings. The van der Waals surface area contributed by atoms with Crippen LogP contribution in [0.15, 0.2) is 65.8 Å². The highest BCUT2D eigenvalue weighted by molar-refractivity contribution is 7.99. The molecule has 0 fully saturated rings. The molecule has 2 N–H and O–H groups in total. The second kappa shape index (κ2) is 8.95. The van der Waals surface area contributed by atoms with E-state index in [0.29, 0.717) is 0 Å². The Morgan fingerprint density at radius 2 is 1.63 bits per heavy atom. The predicted molar refractivity (Wildman–Crippen MR) is 99.0 cm³/mol. The van der Waals surface area contributed by atoms with E-state index in [2.05, 4.69) is 20.8 Å². The molecule has 0 aliphatic rings. The molecule has 8 nitrogen and oxygen atoms in total. The molecule has 0 atom stereocenters. The van der Waals surface area contributed by atoms with Gasteiger partial charge in [-0.2, -0.15) is 0 Å². The number of nitrogens with zero attached hydrogens (tertiary/aromatic N) is 4. The van der Waals surface area contributed by atoms with E-state index in [1.807, 2.05) is 60.7 Å². The Balaban J connectivity index is 1.69. The predicted octanol–water partition coefficient (Wildman–Crippen LogP) is 1.76. The smallest absolute Gasteiger partial charge is 0.325 e. The van der Waals surface area contributed by atoms with Gasteiger partial charge in [0.15, 0.2) is 0 Å². The molecule has 0 unspecified atom stereocenters. The number of nitrogens with one attached hydrogen (secondary N) is 1. The maximum atomic E-state index is 12.5. The minimum Gasteiger partial charge on any atom is -0.480 e. The van der Waals surface area contributed by atoms with Gasteiger partial charge in [0, 0.05) is 0 Å². The summed E-state index contributed by atoms with van der Waals surface area (Å²) in [6.07, 6.45) is 0. The maximum absolute atomic E-state index is 12.5. The molecule has 27 heavy (non-hydrogen) atoms. The zero-order valence-corrected chi connectivity index (χ0v) is 15.0. The summed E-state index contributed by atoms with van der Waals surface area (Å²) >= 11 is 1.09. The molecule has 138 valence electrons. The van der Waals surface area contributed by atoms with Crippen LogP contribution in [0.25, 0.3) is 0 Å². The van der Waals surface area contributed by atoms with Crippen LogP contribution in [-0.4, -0.2) is 42.9 Å². The number of hydrogen-bond acceptors (Lipinski definition) is 6. The number of carbonyl (C=O) groups is 2. The van der Waals surface area contributed by atoms with Crippen molar-refractivity contribution in [3.63, 3.8) is 0 Å². The van der Waals surface area contributed by atoms with Gasteiger partial charge in [-0.25, -0.2) is 4.68 Å². The van der Waals surface area contributed by atoms with Crippen LogP contribution in [0.4, 0.5) is 0 Å². The third-order valence-electron chi connectivity index (χ3n) is 3.69.